The van der Waals surface area contributed by atoms with Gasteiger partial charge in [0, 0.05) is 17.0 Å². The van der Waals surface area contributed by atoms with Crippen LogP contribution in [0.2, 0.25) is 0 Å². The molecule has 2 unspecified atom stereocenters. The number of rotatable bonds is 4. The van der Waals surface area contributed by atoms with E-state index in [1.807, 2.05) is 30.0 Å². The topological polar surface area (TPSA) is 64.1 Å². The van der Waals surface area contributed by atoms with Gasteiger partial charge in [-0.15, -0.1) is 0 Å². The molecule has 1 saturated carbocycles. The minimum atomic E-state index is -0.0172. The van der Waals surface area contributed by atoms with Crippen LogP contribution in [-0.2, 0) is 6.61 Å². The fourth-order valence-corrected chi connectivity index (χ4v) is 4.36. The number of anilines is 1. The average Bonchev–Trinajstić information content (AvgIpc) is 3.02. The minimum Gasteiger partial charge on any atom is -0.399 e. The maximum Gasteiger partial charge on any atom is 0.135 e. The van der Waals surface area contributed by atoms with Gasteiger partial charge in [0.1, 0.15) is 12.4 Å². The molecule has 2 aromatic rings. The third kappa shape index (κ3) is 2.40. The molecule has 3 rings (SSSR count). The molecule has 0 saturated heterocycles. The Hall–Kier alpha value is -1.20. The average molecular weight is 291 g/mol. The van der Waals surface area contributed by atoms with Gasteiger partial charge in [-0.3, -0.25) is 0 Å². The number of hydrogen-bond donors (Lipinski definition) is 2. The van der Waals surface area contributed by atoms with Crippen LogP contribution in [-0.4, -0.2) is 25.7 Å². The first-order valence-corrected chi connectivity index (χ1v) is 8.26. The first-order valence-electron chi connectivity index (χ1n) is 7.21. The van der Waals surface area contributed by atoms with Crippen molar-refractivity contribution in [1.29, 1.82) is 0 Å². The number of imidazole rings is 1. The Morgan fingerprint density at radius 1 is 1.45 bits per heavy atom. The predicted molar refractivity (Wildman–Crippen MR) is 84.9 cm³/mol. The molecule has 1 heterocycles. The number of hydrogen-bond acceptors (Lipinski definition) is 4. The van der Waals surface area contributed by atoms with E-state index in [4.69, 9.17) is 5.73 Å². The summed E-state index contributed by atoms with van der Waals surface area (Å²) in [6.45, 7) is 2.20. The first kappa shape index (κ1) is 13.8. The number of benzene rings is 1. The lowest BCUT2D eigenvalue weighted by Crippen LogP contribution is -2.10. The number of nitrogens with two attached hydrogens (primary N) is 1. The van der Waals surface area contributed by atoms with Gasteiger partial charge < -0.3 is 15.4 Å². The lowest BCUT2D eigenvalue weighted by Gasteiger charge is -2.16. The fourth-order valence-electron chi connectivity index (χ4n) is 3.22. The minimum absolute atomic E-state index is 0.0172. The highest BCUT2D eigenvalue weighted by Crippen LogP contribution is 2.39. The SMILES string of the molecule is CCSC1CCC(n2c(CO)nc3cc(N)ccc32)C1. The molecular formula is C15H21N3OS. The summed E-state index contributed by atoms with van der Waals surface area (Å²) in [5.74, 6) is 1.93. The zero-order chi connectivity index (χ0) is 14.1. The number of aliphatic hydroxyl groups is 1. The highest BCUT2D eigenvalue weighted by molar-refractivity contribution is 7.99. The van der Waals surface area contributed by atoms with E-state index in [-0.39, 0.29) is 6.61 Å². The van der Waals surface area contributed by atoms with Crippen molar-refractivity contribution in [3.05, 3.63) is 24.0 Å². The van der Waals surface area contributed by atoms with Crippen LogP contribution in [0.15, 0.2) is 18.2 Å². The number of nitrogens with zero attached hydrogens (tertiary/aromatic N) is 2. The van der Waals surface area contributed by atoms with Crippen LogP contribution < -0.4 is 5.73 Å². The summed E-state index contributed by atoms with van der Waals surface area (Å²) < 4.78 is 2.23. The molecule has 5 heteroatoms. The number of nitrogen functional groups attached to an aromatic ring is 1. The largest absolute Gasteiger partial charge is 0.399 e. The van der Waals surface area contributed by atoms with Crippen LogP contribution in [0.5, 0.6) is 0 Å². The lowest BCUT2D eigenvalue weighted by atomic mass is 10.2. The third-order valence-electron chi connectivity index (χ3n) is 4.05. The van der Waals surface area contributed by atoms with Crippen LogP contribution in [0.3, 0.4) is 0 Å². The molecule has 3 N–H and O–H groups in total. The van der Waals surface area contributed by atoms with Gasteiger partial charge in [-0.1, -0.05) is 6.92 Å². The molecule has 0 radical (unpaired) electrons. The molecule has 2 atom stereocenters. The summed E-state index contributed by atoms with van der Waals surface area (Å²) in [6, 6.07) is 6.28. The molecule has 20 heavy (non-hydrogen) atoms. The summed E-state index contributed by atoms with van der Waals surface area (Å²) in [5, 5.41) is 10.3. The van der Waals surface area contributed by atoms with Gasteiger partial charge in [0.05, 0.1) is 11.0 Å². The standard InChI is InChI=1S/C15H21N3OS/c1-2-20-12-5-4-11(8-12)18-14-6-3-10(16)7-13(14)17-15(18)9-19/h3,6-7,11-12,19H,2,4-5,8-9,16H2,1H3. The van der Waals surface area contributed by atoms with Crippen molar-refractivity contribution in [3.8, 4) is 0 Å². The summed E-state index contributed by atoms with van der Waals surface area (Å²) in [4.78, 5) is 4.53. The summed E-state index contributed by atoms with van der Waals surface area (Å²) in [5.41, 5.74) is 8.53. The van der Waals surface area contributed by atoms with Crippen LogP contribution >= 0.6 is 11.8 Å². The number of fused-ring (bicyclic) bond motifs is 1. The second kappa shape index (κ2) is 5.66. The maximum atomic E-state index is 9.60. The van der Waals surface area contributed by atoms with E-state index < -0.39 is 0 Å². The van der Waals surface area contributed by atoms with E-state index in [9.17, 15) is 5.11 Å². The molecule has 1 aliphatic carbocycles. The van der Waals surface area contributed by atoms with Crippen molar-refractivity contribution in [2.24, 2.45) is 0 Å². The Balaban J connectivity index is 1.98. The summed E-state index contributed by atoms with van der Waals surface area (Å²) >= 11 is 2.04. The highest BCUT2D eigenvalue weighted by Gasteiger charge is 2.28. The Labute approximate surface area is 123 Å². The zero-order valence-electron chi connectivity index (χ0n) is 11.7. The van der Waals surface area contributed by atoms with Crippen LogP contribution in [0.4, 0.5) is 5.69 Å². The molecular weight excluding hydrogens is 270 g/mol. The first-order chi connectivity index (χ1) is 9.72. The van der Waals surface area contributed by atoms with E-state index >= 15 is 0 Å². The molecule has 1 aromatic carbocycles. The van der Waals surface area contributed by atoms with Gasteiger partial charge >= 0.3 is 0 Å². The molecule has 0 amide bonds. The van der Waals surface area contributed by atoms with E-state index in [1.54, 1.807) is 0 Å². The van der Waals surface area contributed by atoms with E-state index in [0.717, 1.165) is 27.8 Å². The molecule has 1 aromatic heterocycles. The van der Waals surface area contributed by atoms with Crippen molar-refractivity contribution >= 4 is 28.5 Å². The molecule has 1 fully saturated rings. The smallest absolute Gasteiger partial charge is 0.135 e. The van der Waals surface area contributed by atoms with Crippen molar-refractivity contribution in [3.63, 3.8) is 0 Å². The van der Waals surface area contributed by atoms with Gasteiger partial charge in [-0.25, -0.2) is 4.98 Å². The Bertz CT molecular complexity index is 610. The van der Waals surface area contributed by atoms with Crippen LogP contribution in [0.1, 0.15) is 38.1 Å². The predicted octanol–water partition coefficient (Wildman–Crippen LogP) is 2.96. The molecule has 0 bridgehead atoms. The normalized spacial score (nSPS) is 22.7. The van der Waals surface area contributed by atoms with Crippen LogP contribution in [0.25, 0.3) is 11.0 Å². The van der Waals surface area contributed by atoms with Gasteiger partial charge in [-0.2, -0.15) is 11.8 Å². The fraction of sp³-hybridized carbons (Fsp3) is 0.533. The molecule has 4 nitrogen and oxygen atoms in total. The second-order valence-corrected chi connectivity index (χ2v) is 6.93. The Kier molecular flexibility index (Phi) is 3.89. The van der Waals surface area contributed by atoms with Crippen molar-refractivity contribution in [2.75, 3.05) is 11.5 Å². The lowest BCUT2D eigenvalue weighted by molar-refractivity contribution is 0.261. The summed E-state index contributed by atoms with van der Waals surface area (Å²) in [7, 11) is 0. The van der Waals surface area contributed by atoms with Crippen molar-refractivity contribution in [2.45, 2.75) is 44.1 Å². The van der Waals surface area contributed by atoms with Crippen LogP contribution in [0, 0.1) is 0 Å². The second-order valence-electron chi connectivity index (χ2n) is 5.35. The molecule has 0 aliphatic heterocycles. The van der Waals surface area contributed by atoms with Gasteiger partial charge in [-0.05, 0) is 43.2 Å². The zero-order valence-corrected chi connectivity index (χ0v) is 12.6. The molecule has 108 valence electrons. The monoisotopic (exact) mass is 291 g/mol. The van der Waals surface area contributed by atoms with Crippen molar-refractivity contribution < 1.29 is 5.11 Å². The molecule has 1 aliphatic rings. The number of aromatic nitrogens is 2. The molecule has 0 spiro atoms. The summed E-state index contributed by atoms with van der Waals surface area (Å²) in [6.07, 6.45) is 3.59. The Morgan fingerprint density at radius 3 is 3.05 bits per heavy atom. The van der Waals surface area contributed by atoms with E-state index in [2.05, 4.69) is 16.5 Å². The Morgan fingerprint density at radius 2 is 2.30 bits per heavy atom. The highest BCUT2D eigenvalue weighted by atomic mass is 32.2. The quantitative estimate of drug-likeness (QED) is 0.850. The maximum absolute atomic E-state index is 9.60. The van der Waals surface area contributed by atoms with E-state index in [1.165, 1.54) is 25.0 Å². The number of thioether (sulfide) groups is 1. The van der Waals surface area contributed by atoms with Gasteiger partial charge in [0.2, 0.25) is 0 Å². The van der Waals surface area contributed by atoms with E-state index in [0.29, 0.717) is 6.04 Å². The van der Waals surface area contributed by atoms with Gasteiger partial charge in [0.25, 0.3) is 0 Å². The van der Waals surface area contributed by atoms with Crippen molar-refractivity contribution in [1.82, 2.24) is 9.55 Å². The number of aliphatic hydroxyl groups excluding tert-OH is 1. The van der Waals surface area contributed by atoms with Gasteiger partial charge in [0.15, 0.2) is 0 Å². The third-order valence-corrected chi connectivity index (χ3v) is 5.29.